The summed E-state index contributed by atoms with van der Waals surface area (Å²) in [6, 6.07) is 11.4. The highest BCUT2D eigenvalue weighted by molar-refractivity contribution is 5.99. The van der Waals surface area contributed by atoms with E-state index in [1.807, 2.05) is 77.1 Å². The van der Waals surface area contributed by atoms with E-state index in [-0.39, 0.29) is 17.9 Å². The van der Waals surface area contributed by atoms with E-state index in [1.165, 1.54) is 0 Å². The van der Waals surface area contributed by atoms with Crippen LogP contribution in [0.2, 0.25) is 0 Å². The Balaban J connectivity index is 2.52. The number of hydrogen-bond acceptors (Lipinski definition) is 4. The second kappa shape index (κ2) is 12.1. The lowest BCUT2D eigenvalue weighted by Gasteiger charge is -2.38. The third kappa shape index (κ3) is 7.83. The van der Waals surface area contributed by atoms with E-state index in [4.69, 9.17) is 4.74 Å². The maximum absolute atomic E-state index is 13.9. The van der Waals surface area contributed by atoms with Crippen LogP contribution in [0.25, 0.3) is 0 Å². The maximum atomic E-state index is 13.9. The summed E-state index contributed by atoms with van der Waals surface area (Å²) in [5, 5.41) is 5.67. The van der Waals surface area contributed by atoms with Crippen molar-refractivity contribution >= 4 is 23.6 Å². The van der Waals surface area contributed by atoms with Gasteiger partial charge < -0.3 is 20.3 Å². The number of benzene rings is 2. The number of aryl methyl sites for hydroxylation is 3. The summed E-state index contributed by atoms with van der Waals surface area (Å²) in [4.78, 5) is 41.7. The molecule has 196 valence electrons. The van der Waals surface area contributed by atoms with Crippen molar-refractivity contribution in [1.29, 1.82) is 0 Å². The molecular formula is C29H41N3O4. The predicted molar refractivity (Wildman–Crippen MR) is 144 cm³/mol. The van der Waals surface area contributed by atoms with Gasteiger partial charge in [-0.1, -0.05) is 54.4 Å². The lowest BCUT2D eigenvalue weighted by atomic mass is 9.96. The topological polar surface area (TPSA) is 87.7 Å². The first kappa shape index (κ1) is 28.9. The van der Waals surface area contributed by atoms with Gasteiger partial charge in [0.1, 0.15) is 17.7 Å². The predicted octanol–water partition coefficient (Wildman–Crippen LogP) is 5.83. The standard InChI is InChI=1S/C29H41N3O4/c1-10-21(5)32(27(34)22(6)30-28(35)36-29(7,8)9)25(23-16-18(2)15-19(3)17-23)26(33)31-24-14-12-11-13-20(24)4/h11-17,21-22,25H,10H2,1-9H3,(H,30,35)(H,31,33). The number of nitrogens with zero attached hydrogens (tertiary/aromatic N) is 1. The first-order valence-corrected chi connectivity index (χ1v) is 12.5. The highest BCUT2D eigenvalue weighted by Gasteiger charge is 2.37. The minimum Gasteiger partial charge on any atom is -0.444 e. The second-order valence-electron chi connectivity index (χ2n) is 10.5. The molecule has 2 rings (SSSR count). The number of anilines is 1. The molecule has 3 unspecified atom stereocenters. The molecule has 0 heterocycles. The fourth-order valence-electron chi connectivity index (χ4n) is 4.09. The average molecular weight is 496 g/mol. The molecule has 0 aliphatic carbocycles. The normalized spacial score (nSPS) is 13.8. The van der Waals surface area contributed by atoms with Gasteiger partial charge in [-0.25, -0.2) is 4.79 Å². The number of rotatable bonds is 8. The lowest BCUT2D eigenvalue weighted by molar-refractivity contribution is -0.143. The summed E-state index contributed by atoms with van der Waals surface area (Å²) in [5.41, 5.74) is 3.62. The maximum Gasteiger partial charge on any atom is 0.408 e. The van der Waals surface area contributed by atoms with Crippen LogP contribution in [0.1, 0.15) is 76.3 Å². The largest absolute Gasteiger partial charge is 0.444 e. The van der Waals surface area contributed by atoms with Crippen molar-refractivity contribution in [2.24, 2.45) is 0 Å². The molecule has 3 amide bonds. The molecule has 0 aliphatic rings. The van der Waals surface area contributed by atoms with Crippen molar-refractivity contribution in [2.75, 3.05) is 5.32 Å². The van der Waals surface area contributed by atoms with Crippen LogP contribution >= 0.6 is 0 Å². The van der Waals surface area contributed by atoms with Crippen LogP contribution < -0.4 is 10.6 Å². The minimum atomic E-state index is -0.895. The van der Waals surface area contributed by atoms with Gasteiger partial charge in [-0.2, -0.15) is 0 Å². The van der Waals surface area contributed by atoms with Gasteiger partial charge in [-0.05, 0) is 79.0 Å². The quantitative estimate of drug-likeness (QED) is 0.482. The third-order valence-electron chi connectivity index (χ3n) is 5.91. The number of amides is 3. The van der Waals surface area contributed by atoms with E-state index in [1.54, 1.807) is 32.6 Å². The monoisotopic (exact) mass is 495 g/mol. The number of alkyl carbamates (subject to hydrolysis) is 1. The number of carbonyl (C=O) groups excluding carboxylic acids is 3. The molecule has 0 aliphatic heterocycles. The number of carbonyl (C=O) groups is 3. The molecule has 0 aromatic heterocycles. The minimum absolute atomic E-state index is 0.270. The molecular weight excluding hydrogens is 454 g/mol. The fourth-order valence-corrected chi connectivity index (χ4v) is 4.09. The van der Waals surface area contributed by atoms with Gasteiger partial charge in [0.05, 0.1) is 0 Å². The van der Waals surface area contributed by atoms with Crippen LogP contribution in [0.5, 0.6) is 0 Å². The van der Waals surface area contributed by atoms with Gasteiger partial charge in [0.2, 0.25) is 5.91 Å². The summed E-state index contributed by atoms with van der Waals surface area (Å²) in [7, 11) is 0. The molecule has 2 N–H and O–H groups in total. The summed E-state index contributed by atoms with van der Waals surface area (Å²) in [6.07, 6.45) is -0.0520. The SMILES string of the molecule is CCC(C)N(C(=O)C(C)NC(=O)OC(C)(C)C)C(C(=O)Nc1ccccc1C)c1cc(C)cc(C)c1. The highest BCUT2D eigenvalue weighted by Crippen LogP contribution is 2.29. The summed E-state index contributed by atoms with van der Waals surface area (Å²) >= 11 is 0. The summed E-state index contributed by atoms with van der Waals surface area (Å²) in [6.45, 7) is 16.6. The lowest BCUT2D eigenvalue weighted by Crippen LogP contribution is -2.53. The molecule has 0 saturated heterocycles. The van der Waals surface area contributed by atoms with Crippen molar-refractivity contribution in [3.05, 3.63) is 64.7 Å². The van der Waals surface area contributed by atoms with Crippen LogP contribution in [0.3, 0.4) is 0 Å². The molecule has 2 aromatic rings. The van der Waals surface area contributed by atoms with E-state index in [0.29, 0.717) is 12.1 Å². The van der Waals surface area contributed by atoms with Gasteiger partial charge in [-0.15, -0.1) is 0 Å². The Hall–Kier alpha value is -3.35. The van der Waals surface area contributed by atoms with Crippen molar-refractivity contribution in [3.63, 3.8) is 0 Å². The van der Waals surface area contributed by atoms with Gasteiger partial charge in [0, 0.05) is 11.7 Å². The van der Waals surface area contributed by atoms with Crippen LogP contribution in [-0.2, 0) is 14.3 Å². The zero-order valence-corrected chi connectivity index (χ0v) is 23.1. The van der Waals surface area contributed by atoms with E-state index < -0.39 is 23.8 Å². The highest BCUT2D eigenvalue weighted by atomic mass is 16.6. The molecule has 0 bridgehead atoms. The zero-order valence-electron chi connectivity index (χ0n) is 23.1. The van der Waals surface area contributed by atoms with Gasteiger partial charge in [0.25, 0.3) is 5.91 Å². The molecule has 0 spiro atoms. The number of para-hydroxylation sites is 1. The smallest absolute Gasteiger partial charge is 0.408 e. The molecule has 3 atom stereocenters. The van der Waals surface area contributed by atoms with Gasteiger partial charge in [0.15, 0.2) is 0 Å². The van der Waals surface area contributed by atoms with Crippen molar-refractivity contribution in [2.45, 2.75) is 92.5 Å². The van der Waals surface area contributed by atoms with Crippen LogP contribution in [0.4, 0.5) is 10.5 Å². The second-order valence-corrected chi connectivity index (χ2v) is 10.5. The molecule has 0 fully saturated rings. The molecule has 0 saturated carbocycles. The summed E-state index contributed by atoms with van der Waals surface area (Å²) < 4.78 is 5.34. The van der Waals surface area contributed by atoms with Gasteiger partial charge in [-0.3, -0.25) is 9.59 Å². The fraction of sp³-hybridized carbons (Fsp3) is 0.483. The summed E-state index contributed by atoms with van der Waals surface area (Å²) in [5.74, 6) is -0.674. The molecule has 7 heteroatoms. The molecule has 2 aromatic carbocycles. The van der Waals surface area contributed by atoms with E-state index >= 15 is 0 Å². The van der Waals surface area contributed by atoms with Crippen molar-refractivity contribution in [3.8, 4) is 0 Å². The third-order valence-corrected chi connectivity index (χ3v) is 5.91. The average Bonchev–Trinajstić information content (AvgIpc) is 2.75. The molecule has 36 heavy (non-hydrogen) atoms. The van der Waals surface area contributed by atoms with E-state index in [9.17, 15) is 14.4 Å². The van der Waals surface area contributed by atoms with Crippen LogP contribution in [0, 0.1) is 20.8 Å². The van der Waals surface area contributed by atoms with Crippen molar-refractivity contribution in [1.82, 2.24) is 10.2 Å². The van der Waals surface area contributed by atoms with Gasteiger partial charge >= 0.3 is 6.09 Å². The molecule has 7 nitrogen and oxygen atoms in total. The first-order chi connectivity index (χ1) is 16.7. The Kier molecular flexibility index (Phi) is 9.68. The Morgan fingerprint density at radius 2 is 1.56 bits per heavy atom. The first-order valence-electron chi connectivity index (χ1n) is 12.5. The number of nitrogens with one attached hydrogen (secondary N) is 2. The Morgan fingerprint density at radius 3 is 2.08 bits per heavy atom. The Labute approximate surface area is 215 Å². The van der Waals surface area contributed by atoms with E-state index in [0.717, 1.165) is 22.3 Å². The van der Waals surface area contributed by atoms with E-state index in [2.05, 4.69) is 10.6 Å². The Morgan fingerprint density at radius 1 is 0.972 bits per heavy atom. The number of ether oxygens (including phenoxy) is 1. The van der Waals surface area contributed by atoms with Crippen molar-refractivity contribution < 1.29 is 19.1 Å². The Bertz CT molecular complexity index is 1070. The zero-order chi connectivity index (χ0) is 27.2. The number of hydrogen-bond donors (Lipinski definition) is 2. The van der Waals surface area contributed by atoms with Crippen LogP contribution in [0.15, 0.2) is 42.5 Å². The molecule has 0 radical (unpaired) electrons. The van der Waals surface area contributed by atoms with Crippen LogP contribution in [-0.4, -0.2) is 40.5 Å².